The molecular weight excluding hydrogens is 327 g/mol. The molecule has 22 heavy (non-hydrogen) atoms. The van der Waals surface area contributed by atoms with E-state index in [0.717, 1.165) is 51.9 Å². The Bertz CT molecular complexity index is 446. The van der Waals surface area contributed by atoms with E-state index in [9.17, 15) is 0 Å². The van der Waals surface area contributed by atoms with E-state index in [2.05, 4.69) is 27.4 Å². The van der Waals surface area contributed by atoms with Gasteiger partial charge in [0.1, 0.15) is 0 Å². The van der Waals surface area contributed by atoms with E-state index in [0.29, 0.717) is 17.8 Å². The van der Waals surface area contributed by atoms with Crippen LogP contribution in [0.5, 0.6) is 0 Å². The van der Waals surface area contributed by atoms with E-state index in [-0.39, 0.29) is 30.4 Å². The molecule has 1 aromatic heterocycles. The molecule has 1 N–H and O–H groups in total. The van der Waals surface area contributed by atoms with Gasteiger partial charge in [0.05, 0.1) is 12.1 Å². The van der Waals surface area contributed by atoms with Crippen molar-refractivity contribution in [2.24, 2.45) is 0 Å². The van der Waals surface area contributed by atoms with Crippen LogP contribution in [0.25, 0.3) is 0 Å². The quantitative estimate of drug-likeness (QED) is 0.896. The van der Waals surface area contributed by atoms with E-state index in [1.54, 1.807) is 0 Å². The monoisotopic (exact) mass is 352 g/mol. The van der Waals surface area contributed by atoms with Crippen molar-refractivity contribution in [1.82, 2.24) is 20.4 Å². The summed E-state index contributed by atoms with van der Waals surface area (Å²) in [6.45, 7) is 5.57. The summed E-state index contributed by atoms with van der Waals surface area (Å²) in [5, 5.41) is 7.27. The van der Waals surface area contributed by atoms with Gasteiger partial charge in [-0.05, 0) is 52.7 Å². The highest BCUT2D eigenvalue weighted by atomic mass is 35.5. The van der Waals surface area contributed by atoms with Crippen LogP contribution in [0.15, 0.2) is 4.52 Å². The van der Waals surface area contributed by atoms with Gasteiger partial charge in [-0.2, -0.15) is 4.98 Å². The van der Waals surface area contributed by atoms with Crippen LogP contribution in [0.3, 0.4) is 0 Å². The molecule has 2 aliphatic rings. The molecule has 0 aliphatic carbocycles. The van der Waals surface area contributed by atoms with Crippen molar-refractivity contribution >= 4 is 24.8 Å². The summed E-state index contributed by atoms with van der Waals surface area (Å²) in [4.78, 5) is 6.62. The number of nitrogens with zero attached hydrogens (tertiary/aromatic N) is 3. The van der Waals surface area contributed by atoms with E-state index in [1.807, 2.05) is 6.92 Å². The average molecular weight is 353 g/mol. The number of rotatable bonds is 3. The standard InChI is InChI=1S/C14H24N4O2.2ClH/c1-11-16-13(20-17-11)10-18(2)12-3-8-19-14(9-12)4-6-15-7-5-14;;/h12,15H,3-10H2,1-2H3;2*1H. The normalized spacial score (nSPS) is 23.9. The van der Waals surface area contributed by atoms with E-state index in [4.69, 9.17) is 9.26 Å². The SMILES string of the molecule is Cc1noc(CN(C)C2CCOC3(CCNCC3)C2)n1.Cl.Cl. The van der Waals surface area contributed by atoms with E-state index in [1.165, 1.54) is 0 Å². The van der Waals surface area contributed by atoms with Gasteiger partial charge in [0, 0.05) is 12.6 Å². The molecule has 1 spiro atoms. The van der Waals surface area contributed by atoms with Crippen molar-refractivity contribution in [1.29, 1.82) is 0 Å². The summed E-state index contributed by atoms with van der Waals surface area (Å²) in [5.41, 5.74) is 0.0905. The molecular formula is C14H26Cl2N4O2. The number of ether oxygens (including phenoxy) is 1. The molecule has 0 saturated carbocycles. The zero-order valence-corrected chi connectivity index (χ0v) is 14.8. The van der Waals surface area contributed by atoms with Crippen LogP contribution in [0.1, 0.15) is 37.4 Å². The Balaban J connectivity index is 0.00000121. The van der Waals surface area contributed by atoms with Gasteiger partial charge in [-0.25, -0.2) is 0 Å². The zero-order chi connectivity index (χ0) is 14.0. The molecule has 2 fully saturated rings. The van der Waals surface area contributed by atoms with Crippen LogP contribution in [-0.2, 0) is 11.3 Å². The maximum atomic E-state index is 6.12. The predicted octanol–water partition coefficient (Wildman–Crippen LogP) is 1.95. The Hall–Kier alpha value is -0.400. The van der Waals surface area contributed by atoms with Crippen molar-refractivity contribution in [3.63, 3.8) is 0 Å². The first-order chi connectivity index (χ1) is 9.67. The van der Waals surface area contributed by atoms with Gasteiger partial charge < -0.3 is 14.6 Å². The lowest BCUT2D eigenvalue weighted by molar-refractivity contribution is -0.119. The lowest BCUT2D eigenvalue weighted by atomic mass is 9.82. The van der Waals surface area contributed by atoms with Gasteiger partial charge in [-0.15, -0.1) is 24.8 Å². The third-order valence-corrected chi connectivity index (χ3v) is 4.56. The smallest absolute Gasteiger partial charge is 0.240 e. The van der Waals surface area contributed by atoms with Crippen LogP contribution < -0.4 is 5.32 Å². The lowest BCUT2D eigenvalue weighted by Gasteiger charge is -2.45. The number of aromatic nitrogens is 2. The molecule has 3 rings (SSSR count). The summed E-state index contributed by atoms with van der Waals surface area (Å²) in [7, 11) is 2.14. The second kappa shape index (κ2) is 8.45. The van der Waals surface area contributed by atoms with Crippen LogP contribution in [0.4, 0.5) is 0 Å². The highest BCUT2D eigenvalue weighted by Gasteiger charge is 2.39. The summed E-state index contributed by atoms with van der Waals surface area (Å²) >= 11 is 0. The third-order valence-electron chi connectivity index (χ3n) is 4.56. The molecule has 8 heteroatoms. The van der Waals surface area contributed by atoms with Crippen LogP contribution in [0, 0.1) is 6.92 Å². The Morgan fingerprint density at radius 2 is 2.05 bits per heavy atom. The molecule has 2 aliphatic heterocycles. The molecule has 0 aromatic carbocycles. The number of nitrogens with one attached hydrogen (secondary N) is 1. The number of piperidine rings is 1. The number of hydrogen-bond acceptors (Lipinski definition) is 6. The topological polar surface area (TPSA) is 63.4 Å². The fourth-order valence-electron chi connectivity index (χ4n) is 3.36. The minimum atomic E-state index is 0. The third kappa shape index (κ3) is 4.55. The summed E-state index contributed by atoms with van der Waals surface area (Å²) < 4.78 is 11.3. The maximum absolute atomic E-state index is 6.12. The summed E-state index contributed by atoms with van der Waals surface area (Å²) in [6.07, 6.45) is 4.44. The molecule has 1 aromatic rings. The van der Waals surface area contributed by atoms with Crippen molar-refractivity contribution in [3.05, 3.63) is 11.7 Å². The second-order valence-corrected chi connectivity index (χ2v) is 6.08. The molecule has 3 heterocycles. The number of hydrogen-bond donors (Lipinski definition) is 1. The summed E-state index contributed by atoms with van der Waals surface area (Å²) in [6, 6.07) is 0.536. The zero-order valence-electron chi connectivity index (χ0n) is 13.2. The van der Waals surface area contributed by atoms with Crippen molar-refractivity contribution in [2.75, 3.05) is 26.7 Å². The molecule has 1 atom stereocenters. The Kier molecular flexibility index (Phi) is 7.55. The summed E-state index contributed by atoms with van der Waals surface area (Å²) in [5.74, 6) is 1.41. The molecule has 128 valence electrons. The number of aryl methyl sites for hydroxylation is 1. The molecule has 0 amide bonds. The number of halogens is 2. The molecule has 0 bridgehead atoms. The average Bonchev–Trinajstić information content (AvgIpc) is 2.85. The fraction of sp³-hybridized carbons (Fsp3) is 0.857. The van der Waals surface area contributed by atoms with Gasteiger partial charge in [-0.1, -0.05) is 5.16 Å². The molecule has 0 radical (unpaired) electrons. The Labute approximate surface area is 144 Å². The highest BCUT2D eigenvalue weighted by molar-refractivity contribution is 5.85. The first-order valence-electron chi connectivity index (χ1n) is 7.51. The van der Waals surface area contributed by atoms with Crippen molar-refractivity contribution in [3.8, 4) is 0 Å². The highest BCUT2D eigenvalue weighted by Crippen LogP contribution is 2.34. The Morgan fingerprint density at radius 3 is 2.68 bits per heavy atom. The van der Waals surface area contributed by atoms with E-state index < -0.39 is 0 Å². The predicted molar refractivity (Wildman–Crippen MR) is 88.8 cm³/mol. The minimum Gasteiger partial charge on any atom is -0.375 e. The second-order valence-electron chi connectivity index (χ2n) is 6.08. The van der Waals surface area contributed by atoms with E-state index >= 15 is 0 Å². The molecule has 1 unspecified atom stereocenters. The first-order valence-corrected chi connectivity index (χ1v) is 7.51. The van der Waals surface area contributed by atoms with Crippen LogP contribution >= 0.6 is 24.8 Å². The molecule has 6 nitrogen and oxygen atoms in total. The first kappa shape index (κ1) is 19.6. The Morgan fingerprint density at radius 1 is 1.32 bits per heavy atom. The van der Waals surface area contributed by atoms with Crippen LogP contribution in [0.2, 0.25) is 0 Å². The van der Waals surface area contributed by atoms with Gasteiger partial charge in [0.25, 0.3) is 0 Å². The fourth-order valence-corrected chi connectivity index (χ4v) is 3.36. The largest absolute Gasteiger partial charge is 0.375 e. The lowest BCUT2D eigenvalue weighted by Crippen LogP contribution is -2.52. The van der Waals surface area contributed by atoms with Crippen molar-refractivity contribution < 1.29 is 9.26 Å². The van der Waals surface area contributed by atoms with Gasteiger partial charge >= 0.3 is 0 Å². The van der Waals surface area contributed by atoms with Gasteiger partial charge in [-0.3, -0.25) is 4.90 Å². The van der Waals surface area contributed by atoms with Gasteiger partial charge in [0.2, 0.25) is 5.89 Å². The van der Waals surface area contributed by atoms with Crippen molar-refractivity contribution in [2.45, 2.75) is 50.8 Å². The van der Waals surface area contributed by atoms with Crippen LogP contribution in [-0.4, -0.2) is 53.4 Å². The maximum Gasteiger partial charge on any atom is 0.240 e. The minimum absolute atomic E-state index is 0. The van der Waals surface area contributed by atoms with Gasteiger partial charge in [0.15, 0.2) is 5.82 Å². The molecule has 2 saturated heterocycles.